The lowest BCUT2D eigenvalue weighted by Gasteiger charge is -2.36. The Bertz CT molecular complexity index is 863. The molecule has 1 fully saturated rings. The van der Waals surface area contributed by atoms with Crippen LogP contribution in [-0.4, -0.2) is 65.2 Å². The molecule has 0 atom stereocenters. The molecule has 0 spiro atoms. The Morgan fingerprint density at radius 1 is 1.25 bits per heavy atom. The quantitative estimate of drug-likeness (QED) is 0.624. The summed E-state index contributed by atoms with van der Waals surface area (Å²) in [7, 11) is 0. The van der Waals surface area contributed by atoms with Crippen LogP contribution in [0.4, 0.5) is 9.18 Å². The van der Waals surface area contributed by atoms with Crippen molar-refractivity contribution < 1.29 is 13.9 Å². The molecule has 0 unspecified atom stereocenters. The molecule has 2 aromatic rings. The van der Waals surface area contributed by atoms with Crippen LogP contribution >= 0.6 is 0 Å². The summed E-state index contributed by atoms with van der Waals surface area (Å²) in [6.45, 7) is 8.41. The number of H-pyrrole nitrogens is 1. The third-order valence-electron chi connectivity index (χ3n) is 4.64. The molecule has 0 saturated carbocycles. The number of carbonyl (C=O) groups excluding carboxylic acids is 1. The van der Waals surface area contributed by atoms with Crippen molar-refractivity contribution in [3.8, 4) is 0 Å². The van der Waals surface area contributed by atoms with E-state index >= 15 is 0 Å². The smallest absolute Gasteiger partial charge is 0.410 e. The van der Waals surface area contributed by atoms with E-state index in [1.807, 2.05) is 31.9 Å². The number of aliphatic imine (C=N–C) groups is 1. The van der Waals surface area contributed by atoms with Gasteiger partial charge in [-0.2, -0.15) is 0 Å². The molecule has 152 valence electrons. The van der Waals surface area contributed by atoms with Crippen LogP contribution in [0.3, 0.4) is 0 Å². The summed E-state index contributed by atoms with van der Waals surface area (Å²) in [6, 6.07) is 4.70. The molecule has 3 rings (SSSR count). The maximum Gasteiger partial charge on any atom is 0.410 e. The highest BCUT2D eigenvalue weighted by atomic mass is 19.1. The maximum absolute atomic E-state index is 13.5. The zero-order chi connectivity index (χ0) is 20.3. The molecule has 1 amide bonds. The second-order valence-corrected chi connectivity index (χ2v) is 7.95. The number of benzene rings is 1. The lowest BCUT2D eigenvalue weighted by molar-refractivity contribution is 0.0186. The minimum Gasteiger partial charge on any atom is -0.444 e. The first-order valence-corrected chi connectivity index (χ1v) is 9.51. The Kier molecular flexibility index (Phi) is 5.76. The highest BCUT2D eigenvalue weighted by molar-refractivity contribution is 5.83. The van der Waals surface area contributed by atoms with E-state index in [1.165, 1.54) is 12.1 Å². The van der Waals surface area contributed by atoms with Crippen molar-refractivity contribution in [1.82, 2.24) is 14.8 Å². The standard InChI is InChI=1S/C20H28FN5O2/c1-20(2,3)28-19(27)26-10-8-25(9-11-26)18(22)23-7-6-14-13-24-17-5-4-15(21)12-16(14)17/h4-5,12-13,24H,6-11H2,1-3H3,(H2,22,23). The number of carbonyl (C=O) groups is 1. The molecule has 1 aromatic carbocycles. The average Bonchev–Trinajstić information content (AvgIpc) is 3.02. The molecule has 3 N–H and O–H groups in total. The minimum atomic E-state index is -0.500. The van der Waals surface area contributed by atoms with Gasteiger partial charge in [0.05, 0.1) is 0 Å². The number of amides is 1. The predicted octanol–water partition coefficient (Wildman–Crippen LogP) is 2.72. The second-order valence-electron chi connectivity index (χ2n) is 7.95. The zero-order valence-electron chi connectivity index (χ0n) is 16.7. The maximum atomic E-state index is 13.5. The van der Waals surface area contributed by atoms with Crippen LogP contribution in [-0.2, 0) is 11.2 Å². The number of hydrogen-bond acceptors (Lipinski definition) is 3. The van der Waals surface area contributed by atoms with Crippen LogP contribution in [0.2, 0.25) is 0 Å². The van der Waals surface area contributed by atoms with Crippen molar-refractivity contribution in [2.45, 2.75) is 32.8 Å². The van der Waals surface area contributed by atoms with Crippen molar-refractivity contribution in [2.75, 3.05) is 32.7 Å². The molecule has 0 aliphatic carbocycles. The van der Waals surface area contributed by atoms with Crippen LogP contribution in [0, 0.1) is 5.82 Å². The topological polar surface area (TPSA) is 86.9 Å². The molecular weight excluding hydrogens is 361 g/mol. The predicted molar refractivity (Wildman–Crippen MR) is 108 cm³/mol. The van der Waals surface area contributed by atoms with Crippen LogP contribution in [0.1, 0.15) is 26.3 Å². The van der Waals surface area contributed by atoms with Crippen molar-refractivity contribution >= 4 is 23.0 Å². The number of rotatable bonds is 3. The summed E-state index contributed by atoms with van der Waals surface area (Å²) in [5, 5.41) is 0.875. The van der Waals surface area contributed by atoms with Gasteiger partial charge in [0, 0.05) is 49.8 Å². The molecule has 0 bridgehead atoms. The molecule has 1 aliphatic heterocycles. The van der Waals surface area contributed by atoms with E-state index in [-0.39, 0.29) is 11.9 Å². The van der Waals surface area contributed by atoms with Crippen molar-refractivity contribution in [3.05, 3.63) is 35.8 Å². The highest BCUT2D eigenvalue weighted by Gasteiger charge is 2.26. The number of nitrogens with zero attached hydrogens (tertiary/aromatic N) is 3. The number of piperazine rings is 1. The molecular formula is C20H28FN5O2. The number of aromatic amines is 1. The number of fused-ring (bicyclic) bond motifs is 1. The summed E-state index contributed by atoms with van der Waals surface area (Å²) in [5.41, 5.74) is 7.54. The van der Waals surface area contributed by atoms with Gasteiger partial charge in [-0.15, -0.1) is 0 Å². The van der Waals surface area contributed by atoms with Gasteiger partial charge in [-0.05, 0) is 51.0 Å². The molecule has 1 aromatic heterocycles. The second kappa shape index (κ2) is 8.08. The number of aromatic nitrogens is 1. The van der Waals surface area contributed by atoms with Gasteiger partial charge in [0.15, 0.2) is 5.96 Å². The number of ether oxygens (including phenoxy) is 1. The van der Waals surface area contributed by atoms with Gasteiger partial charge >= 0.3 is 6.09 Å². The average molecular weight is 389 g/mol. The number of nitrogens with one attached hydrogen (secondary N) is 1. The zero-order valence-corrected chi connectivity index (χ0v) is 16.7. The lowest BCUT2D eigenvalue weighted by atomic mass is 10.1. The van der Waals surface area contributed by atoms with E-state index in [0.29, 0.717) is 45.1 Å². The minimum absolute atomic E-state index is 0.251. The van der Waals surface area contributed by atoms with E-state index in [2.05, 4.69) is 9.98 Å². The van der Waals surface area contributed by atoms with E-state index in [0.717, 1.165) is 16.5 Å². The molecule has 0 radical (unpaired) electrons. The van der Waals surface area contributed by atoms with E-state index in [9.17, 15) is 9.18 Å². The normalized spacial score (nSPS) is 15.9. The molecule has 1 saturated heterocycles. The summed E-state index contributed by atoms with van der Waals surface area (Å²) in [5.74, 6) is 0.217. The van der Waals surface area contributed by atoms with Gasteiger partial charge in [-0.1, -0.05) is 0 Å². The van der Waals surface area contributed by atoms with Crippen molar-refractivity contribution in [2.24, 2.45) is 10.7 Å². The Balaban J connectivity index is 1.51. The Hall–Kier alpha value is -2.77. The highest BCUT2D eigenvalue weighted by Crippen LogP contribution is 2.20. The van der Waals surface area contributed by atoms with Gasteiger partial charge in [0.25, 0.3) is 0 Å². The Labute approximate surface area is 164 Å². The number of guanidine groups is 1. The molecule has 8 heteroatoms. The summed E-state index contributed by atoms with van der Waals surface area (Å²) in [4.78, 5) is 23.4. The fourth-order valence-electron chi connectivity index (χ4n) is 3.19. The van der Waals surface area contributed by atoms with E-state index in [4.69, 9.17) is 10.5 Å². The molecule has 28 heavy (non-hydrogen) atoms. The summed E-state index contributed by atoms with van der Waals surface area (Å²) >= 11 is 0. The first kappa shape index (κ1) is 20.0. The Morgan fingerprint density at radius 2 is 1.93 bits per heavy atom. The molecule has 7 nitrogen and oxygen atoms in total. The Morgan fingerprint density at radius 3 is 2.61 bits per heavy atom. The number of hydrogen-bond donors (Lipinski definition) is 2. The van der Waals surface area contributed by atoms with Gasteiger partial charge in [0.1, 0.15) is 11.4 Å². The number of nitrogens with two attached hydrogens (primary N) is 1. The summed E-state index contributed by atoms with van der Waals surface area (Å²) in [6.07, 6.45) is 2.26. The first-order chi connectivity index (χ1) is 13.2. The first-order valence-electron chi connectivity index (χ1n) is 9.51. The summed E-state index contributed by atoms with van der Waals surface area (Å²) < 4.78 is 18.9. The van der Waals surface area contributed by atoms with Gasteiger partial charge in [-0.25, -0.2) is 9.18 Å². The van der Waals surface area contributed by atoms with E-state index in [1.54, 1.807) is 11.0 Å². The third kappa shape index (κ3) is 4.94. The largest absolute Gasteiger partial charge is 0.444 e. The van der Waals surface area contributed by atoms with Gasteiger partial charge in [0.2, 0.25) is 0 Å². The lowest BCUT2D eigenvalue weighted by Crippen LogP contribution is -2.53. The van der Waals surface area contributed by atoms with Gasteiger partial charge in [-0.3, -0.25) is 4.99 Å². The monoisotopic (exact) mass is 389 g/mol. The molecule has 2 heterocycles. The van der Waals surface area contributed by atoms with Crippen LogP contribution in [0.25, 0.3) is 10.9 Å². The SMILES string of the molecule is CC(C)(C)OC(=O)N1CCN(C(N)=NCCc2c[nH]c3ccc(F)cc23)CC1. The fraction of sp³-hybridized carbons (Fsp3) is 0.500. The number of halogens is 1. The molecule has 1 aliphatic rings. The fourth-order valence-corrected chi connectivity index (χ4v) is 3.19. The van der Waals surface area contributed by atoms with E-state index < -0.39 is 5.60 Å². The van der Waals surface area contributed by atoms with Crippen LogP contribution < -0.4 is 5.73 Å². The van der Waals surface area contributed by atoms with Crippen molar-refractivity contribution in [3.63, 3.8) is 0 Å². The third-order valence-corrected chi connectivity index (χ3v) is 4.64. The van der Waals surface area contributed by atoms with Crippen LogP contribution in [0.5, 0.6) is 0 Å². The van der Waals surface area contributed by atoms with Gasteiger partial charge < -0.3 is 25.3 Å². The van der Waals surface area contributed by atoms with Crippen molar-refractivity contribution in [1.29, 1.82) is 0 Å². The van der Waals surface area contributed by atoms with Crippen LogP contribution in [0.15, 0.2) is 29.4 Å².